The molecule has 2 aromatic carbocycles. The fourth-order valence-electron chi connectivity index (χ4n) is 2.60. The van der Waals surface area contributed by atoms with Crippen molar-refractivity contribution < 1.29 is 18.0 Å². The number of benzene rings is 2. The summed E-state index contributed by atoms with van der Waals surface area (Å²) >= 11 is 1.17. The van der Waals surface area contributed by atoms with Crippen LogP contribution in [0.2, 0.25) is 0 Å². The molecule has 0 spiro atoms. The average molecular weight is 388 g/mol. The van der Waals surface area contributed by atoms with Crippen molar-refractivity contribution in [2.45, 2.75) is 6.92 Å². The number of fused-ring (bicyclic) bond motifs is 1. The lowest BCUT2D eigenvalue weighted by Crippen LogP contribution is -2.18. The molecule has 2 heterocycles. The predicted octanol–water partition coefficient (Wildman–Crippen LogP) is 4.46. The van der Waals surface area contributed by atoms with E-state index < -0.39 is 28.9 Å². The van der Waals surface area contributed by atoms with Gasteiger partial charge in [0.25, 0.3) is 5.91 Å². The number of carbonyl (C=O) groups is 1. The fraction of sp³-hybridized carbons (Fsp3) is 0.0556. The van der Waals surface area contributed by atoms with Crippen LogP contribution < -0.4 is 5.32 Å². The Balaban J connectivity index is 1.73. The zero-order chi connectivity index (χ0) is 19.1. The summed E-state index contributed by atoms with van der Waals surface area (Å²) in [6.45, 7) is 1.70. The van der Waals surface area contributed by atoms with E-state index in [0.717, 1.165) is 12.1 Å². The Kier molecular flexibility index (Phi) is 4.15. The summed E-state index contributed by atoms with van der Waals surface area (Å²) in [6, 6.07) is 8.91. The van der Waals surface area contributed by atoms with Gasteiger partial charge in [0.05, 0.1) is 15.9 Å². The highest BCUT2D eigenvalue weighted by atomic mass is 32.1. The van der Waals surface area contributed by atoms with Crippen LogP contribution in [0.3, 0.4) is 0 Å². The van der Waals surface area contributed by atoms with Crippen molar-refractivity contribution in [1.82, 2.24) is 14.8 Å². The van der Waals surface area contributed by atoms with Crippen LogP contribution in [0, 0.1) is 24.4 Å². The van der Waals surface area contributed by atoms with Gasteiger partial charge in [0.1, 0.15) is 28.8 Å². The molecule has 4 rings (SSSR count). The SMILES string of the molecule is Cc1cc(NC(=O)c2c(F)cccc2F)n(-c2nc3ccc(F)cc3s2)n1. The third-order valence-electron chi connectivity index (χ3n) is 3.78. The molecular formula is C18H11F3N4OS. The van der Waals surface area contributed by atoms with Crippen LogP contribution in [-0.2, 0) is 0 Å². The van der Waals surface area contributed by atoms with Gasteiger partial charge in [0, 0.05) is 6.07 Å². The van der Waals surface area contributed by atoms with Crippen LogP contribution in [0.15, 0.2) is 42.5 Å². The first kappa shape index (κ1) is 17.2. The largest absolute Gasteiger partial charge is 0.306 e. The fourth-order valence-corrected chi connectivity index (χ4v) is 3.56. The minimum absolute atomic E-state index is 0.194. The van der Waals surface area contributed by atoms with Crippen molar-refractivity contribution >= 4 is 33.3 Å². The number of aryl methyl sites for hydroxylation is 1. The van der Waals surface area contributed by atoms with Gasteiger partial charge in [-0.05, 0) is 37.3 Å². The molecule has 5 nitrogen and oxygen atoms in total. The zero-order valence-electron chi connectivity index (χ0n) is 13.8. The number of halogens is 3. The van der Waals surface area contributed by atoms with E-state index in [0.29, 0.717) is 21.0 Å². The molecule has 0 aliphatic rings. The van der Waals surface area contributed by atoms with Crippen LogP contribution in [0.4, 0.5) is 19.0 Å². The van der Waals surface area contributed by atoms with E-state index in [1.165, 1.54) is 40.3 Å². The molecule has 0 atom stereocenters. The van der Waals surface area contributed by atoms with E-state index in [4.69, 9.17) is 0 Å². The van der Waals surface area contributed by atoms with E-state index in [9.17, 15) is 18.0 Å². The van der Waals surface area contributed by atoms with Crippen LogP contribution >= 0.6 is 11.3 Å². The molecule has 0 aliphatic carbocycles. The second-order valence-corrected chi connectivity index (χ2v) is 6.75. The monoisotopic (exact) mass is 388 g/mol. The number of anilines is 1. The Bertz CT molecular complexity index is 1160. The molecule has 0 radical (unpaired) electrons. The Labute approximate surface area is 155 Å². The number of nitrogens with one attached hydrogen (secondary N) is 1. The number of aromatic nitrogens is 3. The molecule has 1 N–H and O–H groups in total. The van der Waals surface area contributed by atoms with E-state index >= 15 is 0 Å². The second-order valence-electron chi connectivity index (χ2n) is 5.74. The van der Waals surface area contributed by atoms with E-state index in [1.54, 1.807) is 13.0 Å². The number of carbonyl (C=O) groups excluding carboxylic acids is 1. The van der Waals surface area contributed by atoms with Crippen molar-refractivity contribution in [2.75, 3.05) is 5.32 Å². The molecule has 0 fully saturated rings. The number of nitrogens with zero attached hydrogens (tertiary/aromatic N) is 3. The van der Waals surface area contributed by atoms with Crippen molar-refractivity contribution in [3.8, 4) is 5.13 Å². The molecule has 0 saturated heterocycles. The highest BCUT2D eigenvalue weighted by molar-refractivity contribution is 7.20. The minimum atomic E-state index is -0.967. The lowest BCUT2D eigenvalue weighted by atomic mass is 10.2. The van der Waals surface area contributed by atoms with Gasteiger partial charge in [-0.25, -0.2) is 18.2 Å². The molecule has 27 heavy (non-hydrogen) atoms. The molecular weight excluding hydrogens is 377 g/mol. The average Bonchev–Trinajstić information content (AvgIpc) is 3.17. The van der Waals surface area contributed by atoms with Crippen LogP contribution in [0.1, 0.15) is 16.1 Å². The first-order valence-electron chi connectivity index (χ1n) is 7.81. The normalized spacial score (nSPS) is 11.1. The van der Waals surface area contributed by atoms with Crippen molar-refractivity contribution in [1.29, 1.82) is 0 Å². The summed E-state index contributed by atoms with van der Waals surface area (Å²) in [5.74, 6) is -3.08. The zero-order valence-corrected chi connectivity index (χ0v) is 14.6. The highest BCUT2D eigenvalue weighted by Gasteiger charge is 2.20. The van der Waals surface area contributed by atoms with Gasteiger partial charge in [0.2, 0.25) is 5.13 Å². The van der Waals surface area contributed by atoms with Gasteiger partial charge < -0.3 is 5.32 Å². The Morgan fingerprint density at radius 1 is 1.11 bits per heavy atom. The van der Waals surface area contributed by atoms with Gasteiger partial charge in [-0.15, -0.1) is 0 Å². The molecule has 4 aromatic rings. The van der Waals surface area contributed by atoms with Gasteiger partial charge in [0.15, 0.2) is 0 Å². The second kappa shape index (κ2) is 6.51. The summed E-state index contributed by atoms with van der Waals surface area (Å²) in [6.07, 6.45) is 0. The van der Waals surface area contributed by atoms with E-state index in [-0.39, 0.29) is 5.82 Å². The molecule has 0 saturated carbocycles. The van der Waals surface area contributed by atoms with Crippen molar-refractivity contribution in [2.24, 2.45) is 0 Å². The van der Waals surface area contributed by atoms with E-state index in [2.05, 4.69) is 15.4 Å². The first-order chi connectivity index (χ1) is 12.9. The quantitative estimate of drug-likeness (QED) is 0.564. The molecule has 0 aliphatic heterocycles. The minimum Gasteiger partial charge on any atom is -0.306 e. The summed E-state index contributed by atoms with van der Waals surface area (Å²) in [4.78, 5) is 16.7. The van der Waals surface area contributed by atoms with Gasteiger partial charge in [-0.1, -0.05) is 17.4 Å². The molecule has 1 amide bonds. The van der Waals surface area contributed by atoms with Crippen LogP contribution in [0.5, 0.6) is 0 Å². The maximum absolute atomic E-state index is 13.8. The topological polar surface area (TPSA) is 59.8 Å². The third kappa shape index (κ3) is 3.17. The lowest BCUT2D eigenvalue weighted by molar-refractivity contribution is 0.101. The van der Waals surface area contributed by atoms with Crippen LogP contribution in [-0.4, -0.2) is 20.7 Å². The molecule has 9 heteroatoms. The maximum Gasteiger partial charge on any atom is 0.262 e. The number of hydrogen-bond acceptors (Lipinski definition) is 4. The maximum atomic E-state index is 13.8. The lowest BCUT2D eigenvalue weighted by Gasteiger charge is -2.08. The number of amides is 1. The Hall–Kier alpha value is -3.20. The van der Waals surface area contributed by atoms with Crippen molar-refractivity contribution in [3.05, 3.63) is 71.2 Å². The van der Waals surface area contributed by atoms with Crippen LogP contribution in [0.25, 0.3) is 15.3 Å². The smallest absolute Gasteiger partial charge is 0.262 e. The van der Waals surface area contributed by atoms with Gasteiger partial charge in [-0.2, -0.15) is 9.78 Å². The predicted molar refractivity (Wildman–Crippen MR) is 95.7 cm³/mol. The molecule has 136 valence electrons. The molecule has 0 bridgehead atoms. The standard InChI is InChI=1S/C18H11F3N4OS/c1-9-7-15(23-17(26)16-11(20)3-2-4-12(16)21)25(24-9)18-22-13-6-5-10(19)8-14(13)27-18/h2-8H,1H3,(H,23,26). The summed E-state index contributed by atoms with van der Waals surface area (Å²) < 4.78 is 43.0. The Morgan fingerprint density at radius 3 is 2.59 bits per heavy atom. The number of rotatable bonds is 3. The molecule has 0 unspecified atom stereocenters. The molecule has 2 aromatic heterocycles. The Morgan fingerprint density at radius 2 is 1.85 bits per heavy atom. The number of hydrogen-bond donors (Lipinski definition) is 1. The van der Waals surface area contributed by atoms with Crippen molar-refractivity contribution in [3.63, 3.8) is 0 Å². The summed E-state index contributed by atoms with van der Waals surface area (Å²) in [7, 11) is 0. The highest BCUT2D eigenvalue weighted by Crippen LogP contribution is 2.28. The summed E-state index contributed by atoms with van der Waals surface area (Å²) in [5, 5.41) is 7.10. The van der Waals surface area contributed by atoms with Gasteiger partial charge in [-0.3, -0.25) is 4.79 Å². The first-order valence-corrected chi connectivity index (χ1v) is 8.62. The summed E-state index contributed by atoms with van der Waals surface area (Å²) in [5.41, 5.74) is 0.445. The third-order valence-corrected chi connectivity index (χ3v) is 4.78. The van der Waals surface area contributed by atoms with Gasteiger partial charge >= 0.3 is 0 Å². The number of thiazole rings is 1. The van der Waals surface area contributed by atoms with E-state index in [1.807, 2.05) is 0 Å².